The zero-order chi connectivity index (χ0) is 20.4. The van der Waals surface area contributed by atoms with Crippen LogP contribution >= 0.6 is 0 Å². The zero-order valence-electron chi connectivity index (χ0n) is 17.2. The molecule has 2 fully saturated rings. The van der Waals surface area contributed by atoms with E-state index in [-0.39, 0.29) is 11.2 Å². The second-order valence-electron chi connectivity index (χ2n) is 8.71. The molecule has 1 spiro atoms. The Morgan fingerprint density at radius 2 is 2.13 bits per heavy atom. The van der Waals surface area contributed by atoms with E-state index in [1.165, 1.54) is 0 Å². The van der Waals surface area contributed by atoms with Crippen molar-refractivity contribution in [3.8, 4) is 5.75 Å². The molecule has 5 heterocycles. The van der Waals surface area contributed by atoms with Crippen molar-refractivity contribution in [2.24, 2.45) is 5.92 Å². The van der Waals surface area contributed by atoms with Gasteiger partial charge in [0.2, 0.25) is 5.95 Å². The maximum Gasteiger partial charge on any atom is 0.222 e. The number of ether oxygens (including phenoxy) is 2. The number of rotatable bonds is 5. The molecule has 8 nitrogen and oxygen atoms in total. The number of fused-ring (bicyclic) bond motifs is 2. The third kappa shape index (κ3) is 3.99. The van der Waals surface area contributed by atoms with Gasteiger partial charge < -0.3 is 19.9 Å². The Bertz CT molecular complexity index is 889. The van der Waals surface area contributed by atoms with E-state index in [9.17, 15) is 5.11 Å². The van der Waals surface area contributed by atoms with Crippen LogP contribution in [0.5, 0.6) is 5.75 Å². The van der Waals surface area contributed by atoms with Crippen LogP contribution in [0.3, 0.4) is 0 Å². The summed E-state index contributed by atoms with van der Waals surface area (Å²) in [4.78, 5) is 16.2. The monoisotopic (exact) mass is 411 g/mol. The second kappa shape index (κ2) is 8.45. The minimum absolute atomic E-state index is 0.129. The van der Waals surface area contributed by atoms with Gasteiger partial charge in [-0.2, -0.15) is 0 Å². The van der Waals surface area contributed by atoms with Crippen LogP contribution < -0.4 is 5.32 Å². The number of nitrogens with one attached hydrogen (secondary N) is 1. The fourth-order valence-electron chi connectivity index (χ4n) is 4.84. The van der Waals surface area contributed by atoms with Crippen molar-refractivity contribution in [2.45, 2.75) is 37.8 Å². The summed E-state index contributed by atoms with van der Waals surface area (Å²) in [6.45, 7) is 6.21. The molecule has 2 aromatic rings. The predicted molar refractivity (Wildman–Crippen MR) is 111 cm³/mol. The van der Waals surface area contributed by atoms with Crippen LogP contribution in [-0.4, -0.2) is 64.4 Å². The molecule has 0 aliphatic carbocycles. The molecular formula is C22H29N5O3. The van der Waals surface area contributed by atoms with Crippen LogP contribution in [0.2, 0.25) is 0 Å². The number of aromatic hydroxyl groups is 1. The lowest BCUT2D eigenvalue weighted by Gasteiger charge is -2.34. The molecule has 30 heavy (non-hydrogen) atoms. The lowest BCUT2D eigenvalue weighted by atomic mass is 9.80. The van der Waals surface area contributed by atoms with Crippen molar-refractivity contribution in [1.29, 1.82) is 0 Å². The summed E-state index contributed by atoms with van der Waals surface area (Å²) in [5.74, 6) is 1.58. The van der Waals surface area contributed by atoms with E-state index < -0.39 is 0 Å². The van der Waals surface area contributed by atoms with E-state index in [4.69, 9.17) is 14.5 Å². The van der Waals surface area contributed by atoms with Gasteiger partial charge in [0.15, 0.2) is 0 Å². The zero-order valence-corrected chi connectivity index (χ0v) is 17.2. The predicted octanol–water partition coefficient (Wildman–Crippen LogP) is 2.09. The Morgan fingerprint density at radius 1 is 1.23 bits per heavy atom. The third-order valence-corrected chi connectivity index (χ3v) is 6.56. The Labute approximate surface area is 176 Å². The summed E-state index contributed by atoms with van der Waals surface area (Å²) in [6, 6.07) is 3.44. The van der Waals surface area contributed by atoms with Gasteiger partial charge in [0.1, 0.15) is 5.75 Å². The standard InChI is InChI=1S/C22H29N5O3/c28-19-2-1-6-23-18(19)12-27-7-5-22(14-27)15-30-13-17-11-25-21(26-20(17)22)24-10-16-3-8-29-9-4-16/h1-2,6,11,16,28H,3-5,7-10,12-15H2,(H,24,25,26)/t22-/m0/s1. The van der Waals surface area contributed by atoms with Gasteiger partial charge in [-0.25, -0.2) is 9.97 Å². The van der Waals surface area contributed by atoms with Gasteiger partial charge in [0, 0.05) is 50.8 Å². The third-order valence-electron chi connectivity index (χ3n) is 6.56. The Morgan fingerprint density at radius 3 is 3.00 bits per heavy atom. The molecule has 0 amide bonds. The highest BCUT2D eigenvalue weighted by molar-refractivity contribution is 5.37. The van der Waals surface area contributed by atoms with E-state index in [2.05, 4.69) is 20.2 Å². The van der Waals surface area contributed by atoms with Crippen molar-refractivity contribution in [3.05, 3.63) is 41.5 Å². The van der Waals surface area contributed by atoms with Crippen LogP contribution in [0.4, 0.5) is 5.95 Å². The average molecular weight is 412 g/mol. The molecule has 1 atom stereocenters. The van der Waals surface area contributed by atoms with Crippen LogP contribution in [0.1, 0.15) is 36.2 Å². The molecule has 3 aliphatic heterocycles. The highest BCUT2D eigenvalue weighted by atomic mass is 16.5. The molecule has 2 N–H and O–H groups in total. The van der Waals surface area contributed by atoms with E-state index in [1.807, 2.05) is 6.20 Å². The Kier molecular flexibility index (Phi) is 5.54. The summed E-state index contributed by atoms with van der Waals surface area (Å²) >= 11 is 0. The first kappa shape index (κ1) is 19.7. The fraction of sp³-hybridized carbons (Fsp3) is 0.591. The topological polar surface area (TPSA) is 92.6 Å². The number of nitrogens with zero attached hydrogens (tertiary/aromatic N) is 4. The minimum atomic E-state index is -0.129. The van der Waals surface area contributed by atoms with E-state index in [0.29, 0.717) is 37.3 Å². The molecule has 0 saturated carbocycles. The molecule has 5 rings (SSSR count). The Balaban J connectivity index is 1.31. The molecule has 0 bridgehead atoms. The number of pyridine rings is 1. The van der Waals surface area contributed by atoms with Crippen molar-refractivity contribution in [1.82, 2.24) is 19.9 Å². The first-order valence-corrected chi connectivity index (χ1v) is 10.8. The number of anilines is 1. The average Bonchev–Trinajstić information content (AvgIpc) is 3.18. The summed E-state index contributed by atoms with van der Waals surface area (Å²) in [5.41, 5.74) is 2.79. The lowest BCUT2D eigenvalue weighted by molar-refractivity contribution is 0.0502. The molecule has 0 radical (unpaired) electrons. The molecule has 0 unspecified atom stereocenters. The molecule has 3 aliphatic rings. The number of likely N-dealkylation sites (tertiary alicyclic amines) is 1. The molecule has 2 aromatic heterocycles. The highest BCUT2D eigenvalue weighted by Crippen LogP contribution is 2.40. The van der Waals surface area contributed by atoms with Gasteiger partial charge in [0.05, 0.1) is 30.0 Å². The quantitative estimate of drug-likeness (QED) is 0.773. The van der Waals surface area contributed by atoms with Crippen LogP contribution in [-0.2, 0) is 28.0 Å². The number of hydrogen-bond donors (Lipinski definition) is 2. The maximum absolute atomic E-state index is 10.1. The van der Waals surface area contributed by atoms with E-state index in [1.54, 1.807) is 18.3 Å². The summed E-state index contributed by atoms with van der Waals surface area (Å²) in [5, 5.41) is 13.5. The summed E-state index contributed by atoms with van der Waals surface area (Å²) in [7, 11) is 0. The lowest BCUT2D eigenvalue weighted by Crippen LogP contribution is -2.40. The smallest absolute Gasteiger partial charge is 0.222 e. The Hall–Kier alpha value is -2.29. The molecule has 2 saturated heterocycles. The van der Waals surface area contributed by atoms with Gasteiger partial charge in [-0.15, -0.1) is 0 Å². The van der Waals surface area contributed by atoms with Crippen molar-refractivity contribution >= 4 is 5.95 Å². The molecule has 8 heteroatoms. The SMILES string of the molecule is Oc1cccnc1CN1CC[C@@]2(COCc3cnc(NCC4CCOCC4)nc32)C1. The van der Waals surface area contributed by atoms with Crippen molar-refractivity contribution in [2.75, 3.05) is 44.8 Å². The van der Waals surface area contributed by atoms with Crippen LogP contribution in [0.25, 0.3) is 0 Å². The molecule has 0 aromatic carbocycles. The van der Waals surface area contributed by atoms with Crippen LogP contribution in [0.15, 0.2) is 24.5 Å². The van der Waals surface area contributed by atoms with Gasteiger partial charge >= 0.3 is 0 Å². The van der Waals surface area contributed by atoms with E-state index in [0.717, 1.165) is 63.4 Å². The second-order valence-corrected chi connectivity index (χ2v) is 8.71. The maximum atomic E-state index is 10.1. The minimum Gasteiger partial charge on any atom is -0.506 e. The normalized spacial score (nSPS) is 24.8. The fourth-order valence-corrected chi connectivity index (χ4v) is 4.84. The first-order chi connectivity index (χ1) is 14.7. The van der Waals surface area contributed by atoms with Gasteiger partial charge in [-0.1, -0.05) is 0 Å². The van der Waals surface area contributed by atoms with Crippen molar-refractivity contribution < 1.29 is 14.6 Å². The molecule has 160 valence electrons. The molecular weight excluding hydrogens is 382 g/mol. The van der Waals surface area contributed by atoms with Gasteiger partial charge in [-0.3, -0.25) is 9.88 Å². The van der Waals surface area contributed by atoms with Crippen molar-refractivity contribution in [3.63, 3.8) is 0 Å². The largest absolute Gasteiger partial charge is 0.506 e. The summed E-state index contributed by atoms with van der Waals surface area (Å²) < 4.78 is 11.4. The number of aromatic nitrogens is 3. The highest BCUT2D eigenvalue weighted by Gasteiger charge is 2.45. The van der Waals surface area contributed by atoms with E-state index >= 15 is 0 Å². The first-order valence-electron chi connectivity index (χ1n) is 10.8. The van der Waals surface area contributed by atoms with Gasteiger partial charge in [-0.05, 0) is 43.9 Å². The number of hydrogen-bond acceptors (Lipinski definition) is 8. The van der Waals surface area contributed by atoms with Gasteiger partial charge in [0.25, 0.3) is 0 Å². The van der Waals surface area contributed by atoms with Crippen LogP contribution in [0, 0.1) is 5.92 Å². The summed E-state index contributed by atoms with van der Waals surface area (Å²) in [6.07, 6.45) is 6.80.